The summed E-state index contributed by atoms with van der Waals surface area (Å²) in [6, 6.07) is 25.7. The maximum Gasteiger partial charge on any atom is 0.249 e. The van der Waals surface area contributed by atoms with Gasteiger partial charge in [0.2, 0.25) is 17.7 Å². The van der Waals surface area contributed by atoms with Crippen molar-refractivity contribution in [2.75, 3.05) is 26.8 Å². The fraction of sp³-hybridized carbons (Fsp3) is 0.462. The number of carbonyl (C=O) groups excluding carboxylic acids is 3. The molecule has 1 saturated heterocycles. The van der Waals surface area contributed by atoms with Crippen molar-refractivity contribution in [1.82, 2.24) is 20.9 Å². The van der Waals surface area contributed by atoms with E-state index in [0.717, 1.165) is 22.4 Å². The number of ether oxygens (including phenoxy) is 1. The highest BCUT2D eigenvalue weighted by Crippen LogP contribution is 2.34. The summed E-state index contributed by atoms with van der Waals surface area (Å²) in [6.07, 6.45) is 1.28. The summed E-state index contributed by atoms with van der Waals surface area (Å²) in [7, 11) is 1.62. The van der Waals surface area contributed by atoms with Crippen LogP contribution < -0.4 is 20.7 Å². The van der Waals surface area contributed by atoms with Crippen LogP contribution in [-0.4, -0.2) is 83.4 Å². The van der Waals surface area contributed by atoms with Gasteiger partial charge in [-0.15, -0.1) is 0 Å². The molecule has 0 saturated carbocycles. The lowest BCUT2D eigenvalue weighted by Gasteiger charge is -2.36. The standard InChI is InChI=1S/C39H52N4O6/c1-4-28(2)39(42-36(46)20-23-44)21-22-43(38(39)48)34(19-18-29-12-7-5-8-13-29)37(47)41-33(25-30-14-9-6-10-15-30)35(45)27-40-26-31-16-11-17-32(24-31)49-3/h5-17,24,28,33-35,40,44-45H,4,18-23,25-27H2,1-3H3,(H,41,47)(H,42,46)/t28-,33-,34-,35?,39-/m0/s1. The minimum absolute atomic E-state index is 0.103. The minimum atomic E-state index is -1.17. The van der Waals surface area contributed by atoms with E-state index in [1.54, 1.807) is 12.0 Å². The van der Waals surface area contributed by atoms with Gasteiger partial charge in [0.15, 0.2) is 0 Å². The van der Waals surface area contributed by atoms with Gasteiger partial charge in [0.25, 0.3) is 0 Å². The van der Waals surface area contributed by atoms with Gasteiger partial charge < -0.3 is 35.8 Å². The highest BCUT2D eigenvalue weighted by molar-refractivity contribution is 5.97. The Hall–Kier alpha value is -4.25. The molecule has 3 aromatic rings. The number of nitrogens with one attached hydrogen (secondary N) is 3. The first-order chi connectivity index (χ1) is 23.7. The average molecular weight is 673 g/mol. The molecule has 0 spiro atoms. The molecule has 0 bridgehead atoms. The van der Waals surface area contributed by atoms with Crippen LogP contribution in [0.5, 0.6) is 5.75 Å². The molecule has 0 aromatic heterocycles. The molecule has 3 amide bonds. The molecule has 264 valence electrons. The monoisotopic (exact) mass is 672 g/mol. The van der Waals surface area contributed by atoms with Crippen LogP contribution in [-0.2, 0) is 33.8 Å². The van der Waals surface area contributed by atoms with Gasteiger partial charge in [-0.1, -0.05) is 93.1 Å². The highest BCUT2D eigenvalue weighted by Gasteiger charge is 2.53. The molecular formula is C39H52N4O6. The third-order valence-corrected chi connectivity index (χ3v) is 9.68. The van der Waals surface area contributed by atoms with Crippen molar-refractivity contribution in [1.29, 1.82) is 0 Å². The van der Waals surface area contributed by atoms with Gasteiger partial charge in [-0.05, 0) is 60.4 Å². The molecule has 10 heteroatoms. The van der Waals surface area contributed by atoms with Crippen LogP contribution in [0.15, 0.2) is 84.9 Å². The van der Waals surface area contributed by atoms with Crippen LogP contribution in [0.4, 0.5) is 0 Å². The molecule has 49 heavy (non-hydrogen) atoms. The highest BCUT2D eigenvalue weighted by atomic mass is 16.5. The van der Waals surface area contributed by atoms with Gasteiger partial charge in [0, 0.05) is 26.1 Å². The summed E-state index contributed by atoms with van der Waals surface area (Å²) >= 11 is 0. The van der Waals surface area contributed by atoms with Crippen molar-refractivity contribution < 1.29 is 29.3 Å². The molecule has 4 rings (SSSR count). The SMILES string of the molecule is CC[C@H](C)[C@@]1(NC(=O)CCO)CCN([C@@H](CCc2ccccc2)C(=O)N[C@@H](Cc2ccccc2)C(O)CNCc2cccc(OC)c2)C1=O. The maximum absolute atomic E-state index is 14.4. The van der Waals surface area contributed by atoms with Gasteiger partial charge in [-0.2, -0.15) is 0 Å². The summed E-state index contributed by atoms with van der Waals surface area (Å²) in [5.74, 6) is -0.470. The molecule has 5 atom stereocenters. The molecule has 0 radical (unpaired) electrons. The van der Waals surface area contributed by atoms with Crippen LogP contribution in [0.2, 0.25) is 0 Å². The Labute approximate surface area is 290 Å². The van der Waals surface area contributed by atoms with Crippen LogP contribution >= 0.6 is 0 Å². The molecule has 1 aliphatic rings. The predicted octanol–water partition coefficient (Wildman–Crippen LogP) is 3.39. The number of hydrogen-bond donors (Lipinski definition) is 5. The Morgan fingerprint density at radius 1 is 0.980 bits per heavy atom. The van der Waals surface area contributed by atoms with Crippen molar-refractivity contribution in [3.05, 3.63) is 102 Å². The van der Waals surface area contributed by atoms with E-state index in [-0.39, 0.29) is 37.3 Å². The first-order valence-corrected chi connectivity index (χ1v) is 17.3. The molecular weight excluding hydrogens is 620 g/mol. The average Bonchev–Trinajstić information content (AvgIpc) is 3.44. The van der Waals surface area contributed by atoms with Crippen molar-refractivity contribution in [3.8, 4) is 5.75 Å². The molecule has 1 unspecified atom stereocenters. The normalized spacial score (nSPS) is 18.4. The topological polar surface area (TPSA) is 140 Å². The van der Waals surface area contributed by atoms with Gasteiger partial charge in [0.1, 0.15) is 17.3 Å². The van der Waals surface area contributed by atoms with E-state index in [1.807, 2.05) is 98.8 Å². The molecule has 1 heterocycles. The lowest BCUT2D eigenvalue weighted by Crippen LogP contribution is -2.61. The Morgan fingerprint density at radius 2 is 1.65 bits per heavy atom. The zero-order valence-corrected chi connectivity index (χ0v) is 28.9. The van der Waals surface area contributed by atoms with Crippen LogP contribution in [0, 0.1) is 5.92 Å². The zero-order valence-electron chi connectivity index (χ0n) is 28.9. The Balaban J connectivity index is 1.57. The van der Waals surface area contributed by atoms with Crippen LogP contribution in [0.3, 0.4) is 0 Å². The van der Waals surface area contributed by atoms with Gasteiger partial charge in [-0.3, -0.25) is 14.4 Å². The van der Waals surface area contributed by atoms with E-state index in [0.29, 0.717) is 45.2 Å². The van der Waals surface area contributed by atoms with E-state index >= 15 is 0 Å². The molecule has 1 fully saturated rings. The fourth-order valence-electron chi connectivity index (χ4n) is 6.61. The predicted molar refractivity (Wildman–Crippen MR) is 190 cm³/mol. The number of methoxy groups -OCH3 is 1. The number of hydrogen-bond acceptors (Lipinski definition) is 7. The van der Waals surface area contributed by atoms with Gasteiger partial charge in [0.05, 0.1) is 25.9 Å². The van der Waals surface area contributed by atoms with Crippen molar-refractivity contribution in [3.63, 3.8) is 0 Å². The van der Waals surface area contributed by atoms with E-state index in [1.165, 1.54) is 0 Å². The van der Waals surface area contributed by atoms with Gasteiger partial charge in [-0.25, -0.2) is 0 Å². The molecule has 0 aliphatic carbocycles. The minimum Gasteiger partial charge on any atom is -0.497 e. The van der Waals surface area contributed by atoms with Crippen molar-refractivity contribution in [2.24, 2.45) is 5.92 Å². The molecule has 3 aromatic carbocycles. The Morgan fingerprint density at radius 3 is 2.31 bits per heavy atom. The zero-order chi connectivity index (χ0) is 35.2. The number of benzene rings is 3. The van der Waals surface area contributed by atoms with Crippen molar-refractivity contribution >= 4 is 17.7 Å². The third-order valence-electron chi connectivity index (χ3n) is 9.68. The Kier molecular flexibility index (Phi) is 14.2. The smallest absolute Gasteiger partial charge is 0.249 e. The summed E-state index contributed by atoms with van der Waals surface area (Å²) in [6.45, 7) is 4.61. The molecule has 1 aliphatic heterocycles. The number of amides is 3. The van der Waals surface area contributed by atoms with E-state index < -0.39 is 29.6 Å². The molecule has 5 N–H and O–H groups in total. The number of nitrogens with zero attached hydrogens (tertiary/aromatic N) is 1. The molecule has 10 nitrogen and oxygen atoms in total. The maximum atomic E-state index is 14.4. The van der Waals surface area contributed by atoms with Crippen LogP contribution in [0.25, 0.3) is 0 Å². The lowest BCUT2D eigenvalue weighted by molar-refractivity contribution is -0.144. The van der Waals surface area contributed by atoms with E-state index in [4.69, 9.17) is 4.74 Å². The summed E-state index contributed by atoms with van der Waals surface area (Å²) in [5, 5.41) is 30.3. The summed E-state index contributed by atoms with van der Waals surface area (Å²) in [4.78, 5) is 43.1. The number of aliphatic hydroxyl groups excluding tert-OH is 2. The number of rotatable bonds is 19. The lowest BCUT2D eigenvalue weighted by atomic mass is 9.81. The van der Waals surface area contributed by atoms with Gasteiger partial charge >= 0.3 is 0 Å². The number of likely N-dealkylation sites (tertiary alicyclic amines) is 1. The first kappa shape index (κ1) is 37.6. The van der Waals surface area contributed by atoms with Crippen molar-refractivity contribution in [2.45, 2.75) is 82.6 Å². The number of aliphatic hydroxyl groups is 2. The summed E-state index contributed by atoms with van der Waals surface area (Å²) in [5.41, 5.74) is 1.83. The number of carbonyl (C=O) groups is 3. The van der Waals surface area contributed by atoms with E-state index in [2.05, 4.69) is 16.0 Å². The quantitative estimate of drug-likeness (QED) is 0.132. The second kappa shape index (κ2) is 18.5. The first-order valence-electron chi connectivity index (χ1n) is 17.3. The van der Waals surface area contributed by atoms with E-state index in [9.17, 15) is 24.6 Å². The van der Waals surface area contributed by atoms with Crippen LogP contribution in [0.1, 0.15) is 56.2 Å². The second-order valence-corrected chi connectivity index (χ2v) is 12.9. The summed E-state index contributed by atoms with van der Waals surface area (Å²) < 4.78 is 5.33. The fourth-order valence-corrected chi connectivity index (χ4v) is 6.61. The Bertz CT molecular complexity index is 1490. The second-order valence-electron chi connectivity index (χ2n) is 12.9. The largest absolute Gasteiger partial charge is 0.497 e. The number of aryl methyl sites for hydroxylation is 1. The third kappa shape index (κ3) is 10.1.